The minimum absolute atomic E-state index is 0.176. The molecule has 3 heteroatoms. The Morgan fingerprint density at radius 2 is 2.15 bits per heavy atom. The van der Waals surface area contributed by atoms with Crippen LogP contribution in [0.15, 0.2) is 18.2 Å². The molecule has 2 fully saturated rings. The average molecular weight is 274 g/mol. The molecular formula is C17H26N2O. The van der Waals surface area contributed by atoms with Crippen LogP contribution in [-0.2, 0) is 4.74 Å². The van der Waals surface area contributed by atoms with Crippen molar-refractivity contribution in [3.63, 3.8) is 0 Å². The van der Waals surface area contributed by atoms with E-state index in [2.05, 4.69) is 37.5 Å². The van der Waals surface area contributed by atoms with Crippen LogP contribution in [0.4, 0.5) is 0 Å². The zero-order valence-corrected chi connectivity index (χ0v) is 12.6. The second-order valence-corrected chi connectivity index (χ2v) is 6.57. The molecule has 1 saturated carbocycles. The lowest BCUT2D eigenvalue weighted by molar-refractivity contribution is -0.147. The molecule has 1 aliphatic carbocycles. The summed E-state index contributed by atoms with van der Waals surface area (Å²) in [7, 11) is 0. The lowest BCUT2D eigenvalue weighted by Crippen LogP contribution is -2.48. The van der Waals surface area contributed by atoms with Crippen LogP contribution in [0.2, 0.25) is 0 Å². The Morgan fingerprint density at radius 1 is 1.35 bits per heavy atom. The fourth-order valence-corrected chi connectivity index (χ4v) is 3.86. The fourth-order valence-electron chi connectivity index (χ4n) is 3.86. The predicted molar refractivity (Wildman–Crippen MR) is 81.2 cm³/mol. The number of nitrogens with two attached hydrogens (primary N) is 1. The van der Waals surface area contributed by atoms with Crippen LogP contribution in [-0.4, -0.2) is 12.2 Å². The number of rotatable bonds is 3. The summed E-state index contributed by atoms with van der Waals surface area (Å²) in [5, 5.41) is 0. The maximum Gasteiger partial charge on any atom is 0.0686 e. The van der Waals surface area contributed by atoms with Gasteiger partial charge in [0.2, 0.25) is 0 Å². The highest BCUT2D eigenvalue weighted by atomic mass is 16.5. The third-order valence-corrected chi connectivity index (χ3v) is 5.43. The molecule has 2 aliphatic rings. The normalized spacial score (nSPS) is 26.2. The zero-order chi connectivity index (χ0) is 14.2. The Labute approximate surface area is 121 Å². The highest BCUT2D eigenvalue weighted by Crippen LogP contribution is 2.47. The maximum atomic E-state index is 6.05. The van der Waals surface area contributed by atoms with E-state index in [9.17, 15) is 0 Å². The monoisotopic (exact) mass is 274 g/mol. The van der Waals surface area contributed by atoms with Gasteiger partial charge in [-0.2, -0.15) is 0 Å². The summed E-state index contributed by atoms with van der Waals surface area (Å²) >= 11 is 0. The number of ether oxygens (including phenoxy) is 1. The number of benzene rings is 1. The van der Waals surface area contributed by atoms with E-state index in [1.165, 1.54) is 36.0 Å². The van der Waals surface area contributed by atoms with Gasteiger partial charge in [-0.05, 0) is 68.6 Å². The van der Waals surface area contributed by atoms with Crippen molar-refractivity contribution >= 4 is 0 Å². The van der Waals surface area contributed by atoms with Crippen molar-refractivity contribution in [1.29, 1.82) is 0 Å². The van der Waals surface area contributed by atoms with E-state index >= 15 is 0 Å². The molecule has 1 aromatic rings. The molecule has 0 amide bonds. The highest BCUT2D eigenvalue weighted by Gasteiger charge is 2.44. The van der Waals surface area contributed by atoms with Crippen molar-refractivity contribution in [3.05, 3.63) is 34.9 Å². The molecule has 0 radical (unpaired) electrons. The Hall–Kier alpha value is -0.900. The van der Waals surface area contributed by atoms with E-state index < -0.39 is 0 Å². The number of hydrogen-bond acceptors (Lipinski definition) is 3. The molecule has 1 aliphatic heterocycles. The zero-order valence-electron chi connectivity index (χ0n) is 12.6. The molecule has 3 N–H and O–H groups in total. The molecule has 20 heavy (non-hydrogen) atoms. The first-order chi connectivity index (χ1) is 9.65. The van der Waals surface area contributed by atoms with Crippen molar-refractivity contribution in [2.45, 2.75) is 57.6 Å². The van der Waals surface area contributed by atoms with E-state index in [1.54, 1.807) is 0 Å². The molecule has 110 valence electrons. The molecule has 0 bridgehead atoms. The van der Waals surface area contributed by atoms with Crippen LogP contribution in [0.5, 0.6) is 0 Å². The van der Waals surface area contributed by atoms with Gasteiger partial charge in [-0.3, -0.25) is 11.3 Å². The molecule has 2 unspecified atom stereocenters. The summed E-state index contributed by atoms with van der Waals surface area (Å²) in [6, 6.07) is 6.77. The molecule has 1 heterocycles. The van der Waals surface area contributed by atoms with Crippen LogP contribution >= 0.6 is 0 Å². The number of aryl methyl sites for hydroxylation is 1. The Morgan fingerprint density at radius 3 is 2.80 bits per heavy atom. The van der Waals surface area contributed by atoms with Crippen molar-refractivity contribution < 1.29 is 4.74 Å². The van der Waals surface area contributed by atoms with E-state index in [-0.39, 0.29) is 11.6 Å². The van der Waals surface area contributed by atoms with E-state index in [1.807, 2.05) is 0 Å². The number of nitrogens with one attached hydrogen (secondary N) is 1. The summed E-state index contributed by atoms with van der Waals surface area (Å²) in [6.45, 7) is 5.25. The lowest BCUT2D eigenvalue weighted by Gasteiger charge is -2.48. The largest absolute Gasteiger partial charge is 0.375 e. The molecule has 3 rings (SSSR count). The van der Waals surface area contributed by atoms with Crippen molar-refractivity contribution in [1.82, 2.24) is 5.43 Å². The minimum Gasteiger partial charge on any atom is -0.375 e. The standard InChI is InChI=1S/C17H26N2O/c1-12-5-3-6-15(13(12)2)16(19-18)14-7-10-20-17(11-14)8-4-9-17/h3,5-6,14,16,19H,4,7-11,18H2,1-2H3. The molecule has 3 nitrogen and oxygen atoms in total. The summed E-state index contributed by atoms with van der Waals surface area (Å²) < 4.78 is 6.05. The Balaban J connectivity index is 1.84. The predicted octanol–water partition coefficient (Wildman–Crippen LogP) is 3.16. The molecule has 1 saturated heterocycles. The first-order valence-corrected chi connectivity index (χ1v) is 7.81. The van der Waals surface area contributed by atoms with Gasteiger partial charge in [-0.15, -0.1) is 0 Å². The van der Waals surface area contributed by atoms with Gasteiger partial charge in [0.05, 0.1) is 5.60 Å². The van der Waals surface area contributed by atoms with Crippen LogP contribution in [0.1, 0.15) is 54.8 Å². The summed E-state index contributed by atoms with van der Waals surface area (Å²) in [5.41, 5.74) is 7.32. The maximum absolute atomic E-state index is 6.05. The van der Waals surface area contributed by atoms with E-state index in [0.29, 0.717) is 5.92 Å². The first-order valence-electron chi connectivity index (χ1n) is 7.81. The number of hydrogen-bond donors (Lipinski definition) is 2. The van der Waals surface area contributed by atoms with Gasteiger partial charge in [-0.25, -0.2) is 0 Å². The van der Waals surface area contributed by atoms with E-state index in [0.717, 1.165) is 19.4 Å². The van der Waals surface area contributed by atoms with Crippen LogP contribution in [0, 0.1) is 19.8 Å². The second kappa shape index (κ2) is 5.47. The van der Waals surface area contributed by atoms with Gasteiger partial charge in [-0.1, -0.05) is 18.2 Å². The molecular weight excluding hydrogens is 248 g/mol. The molecule has 1 spiro atoms. The summed E-state index contributed by atoms with van der Waals surface area (Å²) in [5.74, 6) is 6.49. The third-order valence-electron chi connectivity index (χ3n) is 5.43. The second-order valence-electron chi connectivity index (χ2n) is 6.57. The molecule has 0 aromatic heterocycles. The van der Waals surface area contributed by atoms with Gasteiger partial charge < -0.3 is 4.74 Å². The minimum atomic E-state index is 0.176. The lowest BCUT2D eigenvalue weighted by atomic mass is 9.69. The van der Waals surface area contributed by atoms with Gasteiger partial charge in [0.1, 0.15) is 0 Å². The van der Waals surface area contributed by atoms with Gasteiger partial charge in [0.15, 0.2) is 0 Å². The summed E-state index contributed by atoms with van der Waals surface area (Å²) in [6.07, 6.45) is 6.03. The average Bonchev–Trinajstić information content (AvgIpc) is 2.43. The van der Waals surface area contributed by atoms with E-state index in [4.69, 9.17) is 10.6 Å². The Kier molecular flexibility index (Phi) is 3.85. The van der Waals surface area contributed by atoms with Crippen molar-refractivity contribution in [2.24, 2.45) is 11.8 Å². The quantitative estimate of drug-likeness (QED) is 0.657. The van der Waals surface area contributed by atoms with Crippen molar-refractivity contribution in [2.75, 3.05) is 6.61 Å². The summed E-state index contributed by atoms with van der Waals surface area (Å²) in [4.78, 5) is 0. The SMILES string of the molecule is Cc1cccc(C(NN)C2CCOC3(CCC3)C2)c1C. The molecule has 1 aromatic carbocycles. The van der Waals surface area contributed by atoms with Crippen LogP contribution < -0.4 is 11.3 Å². The number of hydrazine groups is 1. The third kappa shape index (κ3) is 2.39. The highest BCUT2D eigenvalue weighted by molar-refractivity contribution is 5.35. The Bertz CT molecular complexity index is 482. The van der Waals surface area contributed by atoms with Gasteiger partial charge >= 0.3 is 0 Å². The smallest absolute Gasteiger partial charge is 0.0686 e. The fraction of sp³-hybridized carbons (Fsp3) is 0.647. The van der Waals surface area contributed by atoms with Gasteiger partial charge in [0.25, 0.3) is 0 Å². The first kappa shape index (κ1) is 14.1. The van der Waals surface area contributed by atoms with Gasteiger partial charge in [0, 0.05) is 12.6 Å². The topological polar surface area (TPSA) is 47.3 Å². The molecule has 2 atom stereocenters. The van der Waals surface area contributed by atoms with Crippen molar-refractivity contribution in [3.8, 4) is 0 Å². The van der Waals surface area contributed by atoms with Crippen LogP contribution in [0.25, 0.3) is 0 Å². The van der Waals surface area contributed by atoms with Crippen LogP contribution in [0.3, 0.4) is 0 Å².